The van der Waals surface area contributed by atoms with Crippen molar-refractivity contribution in [3.63, 3.8) is 0 Å². The number of halogens is 2. The molecule has 7 heteroatoms. The minimum absolute atomic E-state index is 0.244. The molecule has 0 saturated carbocycles. The minimum Gasteiger partial charge on any atom is -0.301 e. The lowest BCUT2D eigenvalue weighted by atomic mass is 10.1. The molecule has 1 atom stereocenters. The summed E-state index contributed by atoms with van der Waals surface area (Å²) in [6.45, 7) is 3.81. The van der Waals surface area contributed by atoms with Crippen LogP contribution in [0.4, 0.5) is 13.9 Å². The molecule has 0 aliphatic rings. The number of hydrogen-bond acceptors (Lipinski definition) is 4. The molecule has 0 radical (unpaired) electrons. The molecule has 2 aromatic carbocycles. The van der Waals surface area contributed by atoms with Crippen LogP contribution >= 0.6 is 23.1 Å². The van der Waals surface area contributed by atoms with Gasteiger partial charge in [0, 0.05) is 15.8 Å². The Labute approximate surface area is 164 Å². The molecule has 27 heavy (non-hydrogen) atoms. The highest BCUT2D eigenvalue weighted by atomic mass is 32.2. The number of nitrogens with zero attached hydrogens (tertiary/aromatic N) is 1. The Bertz CT molecular complexity index is 941. The Hall–Kier alpha value is -2.25. The van der Waals surface area contributed by atoms with Crippen molar-refractivity contribution in [2.45, 2.75) is 30.4 Å². The summed E-state index contributed by atoms with van der Waals surface area (Å²) < 4.78 is 26.3. The molecule has 1 amide bonds. The Morgan fingerprint density at radius 1 is 1.19 bits per heavy atom. The lowest BCUT2D eigenvalue weighted by Gasteiger charge is -2.10. The third-order valence-corrected chi connectivity index (χ3v) is 5.82. The molecule has 140 valence electrons. The molecule has 1 aromatic heterocycles. The van der Waals surface area contributed by atoms with Crippen molar-refractivity contribution in [1.29, 1.82) is 0 Å². The van der Waals surface area contributed by atoms with E-state index in [-0.39, 0.29) is 5.91 Å². The van der Waals surface area contributed by atoms with Crippen molar-refractivity contribution in [3.8, 4) is 11.3 Å². The van der Waals surface area contributed by atoms with Gasteiger partial charge in [-0.15, -0.1) is 23.1 Å². The summed E-state index contributed by atoms with van der Waals surface area (Å²) in [6, 6.07) is 11.8. The highest BCUT2D eigenvalue weighted by Crippen LogP contribution is 2.28. The number of benzene rings is 2. The smallest absolute Gasteiger partial charge is 0.239 e. The first-order valence-electron chi connectivity index (χ1n) is 8.43. The average molecular weight is 405 g/mol. The Balaban J connectivity index is 1.63. The molecule has 0 fully saturated rings. The van der Waals surface area contributed by atoms with Gasteiger partial charge < -0.3 is 5.32 Å². The van der Waals surface area contributed by atoms with Crippen molar-refractivity contribution < 1.29 is 13.6 Å². The van der Waals surface area contributed by atoms with E-state index in [0.717, 1.165) is 41.6 Å². The van der Waals surface area contributed by atoms with Gasteiger partial charge in [-0.25, -0.2) is 13.8 Å². The minimum atomic E-state index is -0.925. The number of thioether (sulfide) groups is 1. The molecule has 0 spiro atoms. The van der Waals surface area contributed by atoms with Crippen molar-refractivity contribution >= 4 is 34.1 Å². The maximum absolute atomic E-state index is 13.3. The molecule has 1 N–H and O–H groups in total. The van der Waals surface area contributed by atoms with Gasteiger partial charge in [0.2, 0.25) is 5.91 Å². The zero-order valence-electron chi connectivity index (χ0n) is 14.8. The van der Waals surface area contributed by atoms with Gasteiger partial charge >= 0.3 is 0 Å². The number of anilines is 1. The third-order valence-electron chi connectivity index (χ3n) is 3.97. The summed E-state index contributed by atoms with van der Waals surface area (Å²) in [5.74, 6) is -2.07. The number of hydrogen-bond donors (Lipinski definition) is 1. The number of amides is 1. The lowest BCUT2D eigenvalue weighted by Crippen LogP contribution is -2.22. The zero-order chi connectivity index (χ0) is 19.4. The predicted molar refractivity (Wildman–Crippen MR) is 107 cm³/mol. The van der Waals surface area contributed by atoms with E-state index in [4.69, 9.17) is 0 Å². The van der Waals surface area contributed by atoms with Crippen LogP contribution in [0.15, 0.2) is 52.7 Å². The van der Waals surface area contributed by atoms with E-state index < -0.39 is 16.9 Å². The SMILES string of the molecule is CCc1ccc(-c2csc(NC(=O)[C@H](C)Sc3ccc(F)c(F)c3)n2)cc1. The van der Waals surface area contributed by atoms with Crippen LogP contribution in [0, 0.1) is 11.6 Å². The second-order valence-electron chi connectivity index (χ2n) is 5.91. The second-order valence-corrected chi connectivity index (χ2v) is 8.19. The van der Waals surface area contributed by atoms with Gasteiger partial charge in [-0.05, 0) is 37.1 Å². The number of rotatable bonds is 6. The molecule has 0 aliphatic carbocycles. The number of nitrogens with one attached hydrogen (secondary N) is 1. The number of carbonyl (C=O) groups is 1. The molecular weight excluding hydrogens is 386 g/mol. The molecule has 3 nitrogen and oxygen atoms in total. The van der Waals surface area contributed by atoms with Gasteiger partial charge in [0.1, 0.15) is 0 Å². The Morgan fingerprint density at radius 3 is 2.59 bits per heavy atom. The first-order valence-corrected chi connectivity index (χ1v) is 10.2. The van der Waals surface area contributed by atoms with Gasteiger partial charge in [0.15, 0.2) is 16.8 Å². The van der Waals surface area contributed by atoms with Crippen LogP contribution < -0.4 is 5.32 Å². The van der Waals surface area contributed by atoms with E-state index in [1.807, 2.05) is 17.5 Å². The monoisotopic (exact) mass is 404 g/mol. The average Bonchev–Trinajstić information content (AvgIpc) is 3.13. The molecule has 0 aliphatic heterocycles. The number of aryl methyl sites for hydroxylation is 1. The molecule has 0 unspecified atom stereocenters. The van der Waals surface area contributed by atoms with Crippen LogP contribution in [0.1, 0.15) is 19.4 Å². The topological polar surface area (TPSA) is 42.0 Å². The Morgan fingerprint density at radius 2 is 1.93 bits per heavy atom. The lowest BCUT2D eigenvalue weighted by molar-refractivity contribution is -0.115. The van der Waals surface area contributed by atoms with E-state index in [0.29, 0.717) is 10.0 Å². The molecule has 0 bridgehead atoms. The van der Waals surface area contributed by atoms with Crippen LogP contribution in [0.3, 0.4) is 0 Å². The van der Waals surface area contributed by atoms with Crippen LogP contribution in [0.5, 0.6) is 0 Å². The summed E-state index contributed by atoms with van der Waals surface area (Å²) in [6.07, 6.45) is 0.978. The van der Waals surface area contributed by atoms with Crippen LogP contribution in [0.2, 0.25) is 0 Å². The van der Waals surface area contributed by atoms with Crippen LogP contribution in [-0.2, 0) is 11.2 Å². The van der Waals surface area contributed by atoms with E-state index in [1.165, 1.54) is 23.0 Å². The summed E-state index contributed by atoms with van der Waals surface area (Å²) in [5, 5.41) is 4.70. The fourth-order valence-corrected chi connectivity index (χ4v) is 4.00. The summed E-state index contributed by atoms with van der Waals surface area (Å²) in [4.78, 5) is 17.3. The predicted octanol–water partition coefficient (Wildman–Crippen LogP) is 5.77. The first kappa shape index (κ1) is 19.5. The summed E-state index contributed by atoms with van der Waals surface area (Å²) >= 11 is 2.51. The van der Waals surface area contributed by atoms with Crippen LogP contribution in [-0.4, -0.2) is 16.1 Å². The van der Waals surface area contributed by atoms with Gasteiger partial charge in [-0.3, -0.25) is 4.79 Å². The first-order chi connectivity index (χ1) is 13.0. The molecule has 1 heterocycles. The number of thiazole rings is 1. The number of aromatic nitrogens is 1. The number of carbonyl (C=O) groups excluding carboxylic acids is 1. The fraction of sp³-hybridized carbons (Fsp3) is 0.200. The largest absolute Gasteiger partial charge is 0.301 e. The van der Waals surface area contributed by atoms with E-state index in [1.54, 1.807) is 6.92 Å². The van der Waals surface area contributed by atoms with E-state index in [9.17, 15) is 13.6 Å². The highest BCUT2D eigenvalue weighted by Gasteiger charge is 2.17. The maximum Gasteiger partial charge on any atom is 0.239 e. The van der Waals surface area contributed by atoms with Crippen LogP contribution in [0.25, 0.3) is 11.3 Å². The summed E-state index contributed by atoms with van der Waals surface area (Å²) in [5.41, 5.74) is 3.05. The second kappa shape index (κ2) is 8.63. The van der Waals surface area contributed by atoms with Gasteiger partial charge in [0.25, 0.3) is 0 Å². The highest BCUT2D eigenvalue weighted by molar-refractivity contribution is 8.00. The van der Waals surface area contributed by atoms with Gasteiger partial charge in [-0.2, -0.15) is 0 Å². The van der Waals surface area contributed by atoms with E-state index >= 15 is 0 Å². The van der Waals surface area contributed by atoms with Crippen molar-refractivity contribution in [2.75, 3.05) is 5.32 Å². The zero-order valence-corrected chi connectivity index (χ0v) is 16.5. The normalized spacial score (nSPS) is 12.0. The molecule has 3 rings (SSSR count). The summed E-state index contributed by atoms with van der Waals surface area (Å²) in [7, 11) is 0. The van der Waals surface area contributed by atoms with Gasteiger partial charge in [-0.1, -0.05) is 31.2 Å². The van der Waals surface area contributed by atoms with E-state index in [2.05, 4.69) is 29.4 Å². The van der Waals surface area contributed by atoms with Crippen molar-refractivity contribution in [2.24, 2.45) is 0 Å². The standard InChI is InChI=1S/C20H18F2N2OS2/c1-3-13-4-6-14(7-5-13)18-11-26-20(23-18)24-19(25)12(2)27-15-8-9-16(21)17(22)10-15/h4-12H,3H2,1-2H3,(H,23,24,25)/t12-/m0/s1. The van der Waals surface area contributed by atoms with Crippen molar-refractivity contribution in [3.05, 3.63) is 65.0 Å². The molecular formula is C20H18F2N2OS2. The third kappa shape index (κ3) is 4.93. The Kier molecular flexibility index (Phi) is 6.23. The maximum atomic E-state index is 13.3. The molecule has 3 aromatic rings. The quantitative estimate of drug-likeness (QED) is 0.530. The van der Waals surface area contributed by atoms with Crippen molar-refractivity contribution in [1.82, 2.24) is 4.98 Å². The van der Waals surface area contributed by atoms with Gasteiger partial charge in [0.05, 0.1) is 10.9 Å². The fourth-order valence-electron chi connectivity index (χ4n) is 2.39. The molecule has 0 saturated heterocycles.